The molecule has 0 radical (unpaired) electrons. The van der Waals surface area contributed by atoms with Crippen LogP contribution in [0.4, 0.5) is 5.82 Å². The first-order valence-corrected chi connectivity index (χ1v) is 5.50. The number of carbonyl (C=O) groups is 1. The number of carboxylic acids is 1. The number of hydrogen-bond acceptors (Lipinski definition) is 4. The minimum atomic E-state index is -1.01. The van der Waals surface area contributed by atoms with E-state index in [-0.39, 0.29) is 5.69 Å². The van der Waals surface area contributed by atoms with Gasteiger partial charge in [-0.15, -0.1) is 0 Å². The fraction of sp³-hybridized carbons (Fsp3) is 0.545. The van der Waals surface area contributed by atoms with Gasteiger partial charge in [-0.05, 0) is 26.2 Å². The molecule has 0 aliphatic carbocycles. The highest BCUT2D eigenvalue weighted by molar-refractivity contribution is 5.86. The number of rotatable bonds is 2. The second kappa shape index (κ2) is 4.47. The number of nitrogens with zero attached hydrogens (tertiary/aromatic N) is 3. The molecule has 0 spiro atoms. The second-order valence-electron chi connectivity index (χ2n) is 4.10. The van der Waals surface area contributed by atoms with Crippen molar-refractivity contribution >= 4 is 11.8 Å². The molecule has 1 atom stereocenters. The Balaban J connectivity index is 2.25. The molecule has 2 rings (SSSR count). The molecule has 1 N–H and O–H groups in total. The predicted octanol–water partition coefficient (Wildman–Crippen LogP) is 1.55. The maximum absolute atomic E-state index is 10.8. The Morgan fingerprint density at radius 3 is 3.00 bits per heavy atom. The van der Waals surface area contributed by atoms with E-state index in [2.05, 4.69) is 21.8 Å². The predicted molar refractivity (Wildman–Crippen MR) is 59.7 cm³/mol. The van der Waals surface area contributed by atoms with E-state index in [1.165, 1.54) is 12.7 Å². The van der Waals surface area contributed by atoms with Gasteiger partial charge in [0.25, 0.3) is 0 Å². The molecule has 86 valence electrons. The summed E-state index contributed by atoms with van der Waals surface area (Å²) in [7, 11) is 0. The van der Waals surface area contributed by atoms with Crippen LogP contribution in [0.3, 0.4) is 0 Å². The van der Waals surface area contributed by atoms with Crippen LogP contribution < -0.4 is 4.90 Å². The van der Waals surface area contributed by atoms with Crippen molar-refractivity contribution in [3.8, 4) is 0 Å². The third-order valence-corrected chi connectivity index (χ3v) is 2.97. The van der Waals surface area contributed by atoms with E-state index in [0.29, 0.717) is 6.04 Å². The monoisotopic (exact) mass is 221 g/mol. The van der Waals surface area contributed by atoms with Crippen molar-refractivity contribution in [2.75, 3.05) is 11.4 Å². The van der Waals surface area contributed by atoms with Crippen LogP contribution in [0.15, 0.2) is 12.4 Å². The highest BCUT2D eigenvalue weighted by Crippen LogP contribution is 2.22. The molecule has 1 aromatic heterocycles. The van der Waals surface area contributed by atoms with E-state index in [1.54, 1.807) is 6.07 Å². The SMILES string of the molecule is C[C@H]1CCCCN1c1cc(C(=O)O)ncn1. The van der Waals surface area contributed by atoms with Crippen LogP contribution in [0.25, 0.3) is 0 Å². The molecule has 16 heavy (non-hydrogen) atoms. The summed E-state index contributed by atoms with van der Waals surface area (Å²) in [6.07, 6.45) is 4.82. The van der Waals surface area contributed by atoms with Gasteiger partial charge in [0, 0.05) is 18.7 Å². The number of carboxylic acid groups (broad SMARTS) is 1. The summed E-state index contributed by atoms with van der Waals surface area (Å²) in [6, 6.07) is 1.97. The summed E-state index contributed by atoms with van der Waals surface area (Å²) in [5.41, 5.74) is 0.0581. The zero-order valence-electron chi connectivity index (χ0n) is 9.26. The van der Waals surface area contributed by atoms with Gasteiger partial charge < -0.3 is 10.0 Å². The van der Waals surface area contributed by atoms with Crippen LogP contribution in [0.2, 0.25) is 0 Å². The Labute approximate surface area is 94.1 Å². The molecule has 1 saturated heterocycles. The summed E-state index contributed by atoms with van der Waals surface area (Å²) in [4.78, 5) is 20.8. The topological polar surface area (TPSA) is 66.3 Å². The van der Waals surface area contributed by atoms with E-state index in [1.807, 2.05) is 0 Å². The maximum atomic E-state index is 10.8. The molecule has 1 aliphatic heterocycles. The third kappa shape index (κ3) is 2.13. The average Bonchev–Trinajstić information content (AvgIpc) is 2.30. The van der Waals surface area contributed by atoms with Gasteiger partial charge in [0.05, 0.1) is 0 Å². The Morgan fingerprint density at radius 2 is 2.31 bits per heavy atom. The summed E-state index contributed by atoms with van der Waals surface area (Å²) in [5, 5.41) is 8.86. The van der Waals surface area contributed by atoms with Crippen LogP contribution in [-0.4, -0.2) is 33.6 Å². The van der Waals surface area contributed by atoms with E-state index >= 15 is 0 Å². The average molecular weight is 221 g/mol. The van der Waals surface area contributed by atoms with E-state index in [4.69, 9.17) is 5.11 Å². The lowest BCUT2D eigenvalue weighted by Gasteiger charge is -2.34. The van der Waals surface area contributed by atoms with Crippen molar-refractivity contribution in [3.63, 3.8) is 0 Å². The van der Waals surface area contributed by atoms with Crippen molar-refractivity contribution in [1.82, 2.24) is 9.97 Å². The van der Waals surface area contributed by atoms with Crippen LogP contribution >= 0.6 is 0 Å². The lowest BCUT2D eigenvalue weighted by Crippen LogP contribution is -2.38. The molecule has 2 heterocycles. The van der Waals surface area contributed by atoms with Gasteiger partial charge in [0.1, 0.15) is 12.1 Å². The van der Waals surface area contributed by atoms with E-state index in [0.717, 1.165) is 25.2 Å². The summed E-state index contributed by atoms with van der Waals surface area (Å²) >= 11 is 0. The van der Waals surface area contributed by atoms with Gasteiger partial charge >= 0.3 is 5.97 Å². The second-order valence-corrected chi connectivity index (χ2v) is 4.10. The highest BCUT2D eigenvalue weighted by Gasteiger charge is 2.20. The quantitative estimate of drug-likeness (QED) is 0.820. The summed E-state index contributed by atoms with van der Waals surface area (Å²) in [6.45, 7) is 3.08. The standard InChI is InChI=1S/C11H15N3O2/c1-8-4-2-3-5-14(8)10-6-9(11(15)16)12-7-13-10/h6-8H,2-5H2,1H3,(H,15,16)/t8-/m0/s1. The van der Waals surface area contributed by atoms with Crippen LogP contribution in [-0.2, 0) is 0 Å². The van der Waals surface area contributed by atoms with Gasteiger partial charge in [-0.25, -0.2) is 14.8 Å². The zero-order valence-corrected chi connectivity index (χ0v) is 9.26. The van der Waals surface area contributed by atoms with Gasteiger partial charge in [0.2, 0.25) is 0 Å². The van der Waals surface area contributed by atoms with Gasteiger partial charge in [-0.1, -0.05) is 0 Å². The molecule has 0 saturated carbocycles. The van der Waals surface area contributed by atoms with Gasteiger partial charge in [-0.2, -0.15) is 0 Å². The fourth-order valence-electron chi connectivity index (χ4n) is 2.06. The molecule has 5 heteroatoms. The Hall–Kier alpha value is -1.65. The molecule has 1 aromatic rings. The zero-order chi connectivity index (χ0) is 11.5. The van der Waals surface area contributed by atoms with E-state index < -0.39 is 5.97 Å². The number of hydrogen-bond donors (Lipinski definition) is 1. The Morgan fingerprint density at radius 1 is 1.50 bits per heavy atom. The molecule has 5 nitrogen and oxygen atoms in total. The largest absolute Gasteiger partial charge is 0.477 e. The third-order valence-electron chi connectivity index (χ3n) is 2.97. The van der Waals surface area contributed by atoms with Crippen LogP contribution in [0.1, 0.15) is 36.7 Å². The van der Waals surface area contributed by atoms with Crippen molar-refractivity contribution in [2.24, 2.45) is 0 Å². The molecule has 0 aromatic carbocycles. The maximum Gasteiger partial charge on any atom is 0.354 e. The highest BCUT2D eigenvalue weighted by atomic mass is 16.4. The normalized spacial score (nSPS) is 20.8. The Bertz CT molecular complexity index is 395. The van der Waals surface area contributed by atoms with Crippen molar-refractivity contribution in [2.45, 2.75) is 32.2 Å². The lowest BCUT2D eigenvalue weighted by molar-refractivity contribution is 0.0690. The summed E-state index contributed by atoms with van der Waals surface area (Å²) < 4.78 is 0. The minimum absolute atomic E-state index is 0.0581. The lowest BCUT2D eigenvalue weighted by atomic mass is 10.0. The molecule has 1 aliphatic rings. The number of aromatic nitrogens is 2. The Kier molecular flexibility index (Phi) is 3.03. The number of aromatic carboxylic acids is 1. The van der Waals surface area contributed by atoms with Gasteiger partial charge in [0.15, 0.2) is 5.69 Å². The van der Waals surface area contributed by atoms with Crippen LogP contribution in [0, 0.1) is 0 Å². The molecule has 0 bridgehead atoms. The molecule has 0 unspecified atom stereocenters. The van der Waals surface area contributed by atoms with Crippen molar-refractivity contribution in [1.29, 1.82) is 0 Å². The molecular weight excluding hydrogens is 206 g/mol. The van der Waals surface area contributed by atoms with Crippen molar-refractivity contribution in [3.05, 3.63) is 18.1 Å². The fourth-order valence-corrected chi connectivity index (χ4v) is 2.06. The minimum Gasteiger partial charge on any atom is -0.477 e. The first kappa shape index (κ1) is 10.9. The molecular formula is C11H15N3O2. The van der Waals surface area contributed by atoms with E-state index in [9.17, 15) is 4.79 Å². The van der Waals surface area contributed by atoms with Crippen LogP contribution in [0.5, 0.6) is 0 Å². The smallest absolute Gasteiger partial charge is 0.354 e. The van der Waals surface area contributed by atoms with Crippen molar-refractivity contribution < 1.29 is 9.90 Å². The number of piperidine rings is 1. The molecule has 1 fully saturated rings. The van der Waals surface area contributed by atoms with Gasteiger partial charge in [-0.3, -0.25) is 0 Å². The summed E-state index contributed by atoms with van der Waals surface area (Å²) in [5.74, 6) is -0.284. The molecule has 0 amide bonds. The first-order chi connectivity index (χ1) is 7.68. The first-order valence-electron chi connectivity index (χ1n) is 5.50. The number of anilines is 1.